The van der Waals surface area contributed by atoms with Gasteiger partial charge in [0.25, 0.3) is 0 Å². The molecule has 2 aliphatic carbocycles. The fraction of sp³-hybridized carbons (Fsp3) is 0.667. The van der Waals surface area contributed by atoms with Gasteiger partial charge in [-0.2, -0.15) is 0 Å². The Kier molecular flexibility index (Phi) is 2.81. The van der Waals surface area contributed by atoms with E-state index in [4.69, 9.17) is 0 Å². The van der Waals surface area contributed by atoms with Crippen LogP contribution < -0.4 is 0 Å². The predicted molar refractivity (Wildman–Crippen MR) is 67.8 cm³/mol. The number of aromatic nitrogens is 1. The second kappa shape index (κ2) is 4.32. The quantitative estimate of drug-likeness (QED) is 0.791. The van der Waals surface area contributed by atoms with Crippen molar-refractivity contribution >= 4 is 5.78 Å². The van der Waals surface area contributed by atoms with Gasteiger partial charge < -0.3 is 4.98 Å². The molecule has 1 aromatic heterocycles. The van der Waals surface area contributed by atoms with Crippen LogP contribution >= 0.6 is 0 Å². The first-order chi connectivity index (χ1) is 8.24. The van der Waals surface area contributed by atoms with Gasteiger partial charge in [-0.3, -0.25) is 4.79 Å². The van der Waals surface area contributed by atoms with E-state index in [0.29, 0.717) is 11.7 Å². The van der Waals surface area contributed by atoms with E-state index in [1.807, 2.05) is 0 Å². The molecule has 92 valence electrons. The van der Waals surface area contributed by atoms with Crippen molar-refractivity contribution in [2.45, 2.75) is 45.4 Å². The second-order valence-corrected chi connectivity index (χ2v) is 5.88. The van der Waals surface area contributed by atoms with Gasteiger partial charge in [0.1, 0.15) is 5.78 Å². The van der Waals surface area contributed by atoms with Crippen LogP contribution in [0.2, 0.25) is 0 Å². The number of aromatic amines is 1. The topological polar surface area (TPSA) is 32.9 Å². The van der Waals surface area contributed by atoms with Crippen molar-refractivity contribution in [2.75, 3.05) is 0 Å². The molecule has 1 aromatic rings. The molecule has 2 aliphatic rings. The van der Waals surface area contributed by atoms with Gasteiger partial charge in [-0.1, -0.05) is 6.42 Å². The fourth-order valence-corrected chi connectivity index (χ4v) is 3.79. The van der Waals surface area contributed by atoms with E-state index < -0.39 is 0 Å². The van der Waals surface area contributed by atoms with E-state index in [0.717, 1.165) is 31.1 Å². The number of Topliss-reactive ketones (excluding diaryl/α,β-unsaturated/α-hetero) is 1. The molecule has 0 saturated heterocycles. The molecular formula is C15H21NO. The number of carbonyl (C=O) groups is 1. The van der Waals surface area contributed by atoms with E-state index in [1.54, 1.807) is 6.92 Å². The largest absolute Gasteiger partial charge is 0.365 e. The highest BCUT2D eigenvalue weighted by Gasteiger charge is 2.34. The summed E-state index contributed by atoms with van der Waals surface area (Å²) in [7, 11) is 0. The smallest absolute Gasteiger partial charge is 0.132 e. The summed E-state index contributed by atoms with van der Waals surface area (Å²) in [4.78, 5) is 15.0. The van der Waals surface area contributed by atoms with Crippen LogP contribution in [-0.2, 0) is 17.6 Å². The maximum atomic E-state index is 11.6. The summed E-state index contributed by atoms with van der Waals surface area (Å²) >= 11 is 0. The van der Waals surface area contributed by atoms with Crippen LogP contribution in [-0.4, -0.2) is 10.8 Å². The van der Waals surface area contributed by atoms with Crippen LogP contribution in [0.4, 0.5) is 0 Å². The van der Waals surface area contributed by atoms with Crippen LogP contribution in [0.15, 0.2) is 12.3 Å². The van der Waals surface area contributed by atoms with Crippen LogP contribution in [0, 0.1) is 17.8 Å². The Hall–Kier alpha value is -1.05. The summed E-state index contributed by atoms with van der Waals surface area (Å²) in [6.07, 6.45) is 9.27. The van der Waals surface area contributed by atoms with Crippen molar-refractivity contribution < 1.29 is 4.79 Å². The van der Waals surface area contributed by atoms with Crippen molar-refractivity contribution in [1.29, 1.82) is 0 Å². The minimum atomic E-state index is 0.335. The normalized spacial score (nSPS) is 32.4. The first-order valence-electron chi connectivity index (χ1n) is 6.89. The van der Waals surface area contributed by atoms with Gasteiger partial charge in [-0.25, -0.2) is 0 Å². The zero-order chi connectivity index (χ0) is 11.8. The minimum absolute atomic E-state index is 0.335. The molecule has 1 fully saturated rings. The molecule has 0 spiro atoms. The fourth-order valence-electron chi connectivity index (χ4n) is 3.79. The van der Waals surface area contributed by atoms with Gasteiger partial charge in [0, 0.05) is 17.8 Å². The van der Waals surface area contributed by atoms with Crippen LogP contribution in [0.5, 0.6) is 0 Å². The Labute approximate surface area is 103 Å². The maximum absolute atomic E-state index is 11.6. The summed E-state index contributed by atoms with van der Waals surface area (Å²) in [5.41, 5.74) is 2.95. The third-order valence-corrected chi connectivity index (χ3v) is 4.83. The molecule has 2 nitrogen and oxygen atoms in total. The molecule has 1 heterocycles. The number of nitrogens with one attached hydrogen (secondary N) is 1. The molecule has 3 rings (SSSR count). The summed E-state index contributed by atoms with van der Waals surface area (Å²) in [6.45, 7) is 1.77. The summed E-state index contributed by atoms with van der Waals surface area (Å²) in [6, 6.07) is 2.24. The lowest BCUT2D eigenvalue weighted by molar-refractivity contribution is -0.121. The number of hydrogen-bond donors (Lipinski definition) is 1. The first-order valence-corrected chi connectivity index (χ1v) is 6.89. The van der Waals surface area contributed by atoms with Gasteiger partial charge >= 0.3 is 0 Å². The molecule has 2 heteroatoms. The monoisotopic (exact) mass is 231 g/mol. The molecule has 3 atom stereocenters. The van der Waals surface area contributed by atoms with Crippen molar-refractivity contribution in [3.05, 3.63) is 23.5 Å². The highest BCUT2D eigenvalue weighted by atomic mass is 16.1. The second-order valence-electron chi connectivity index (χ2n) is 5.88. The average molecular weight is 231 g/mol. The maximum Gasteiger partial charge on any atom is 0.132 e. The molecule has 0 bridgehead atoms. The predicted octanol–water partition coefficient (Wildman–Crippen LogP) is 3.12. The van der Waals surface area contributed by atoms with E-state index in [9.17, 15) is 4.79 Å². The molecular weight excluding hydrogens is 210 g/mol. The van der Waals surface area contributed by atoms with Crippen molar-refractivity contribution in [3.63, 3.8) is 0 Å². The highest BCUT2D eigenvalue weighted by molar-refractivity contribution is 5.78. The summed E-state index contributed by atoms with van der Waals surface area (Å²) in [5, 5.41) is 0. The molecule has 17 heavy (non-hydrogen) atoms. The number of hydrogen-bond acceptors (Lipinski definition) is 1. The number of rotatable bonds is 1. The van der Waals surface area contributed by atoms with Gasteiger partial charge in [0.2, 0.25) is 0 Å². The molecule has 0 radical (unpaired) electrons. The van der Waals surface area contributed by atoms with Crippen molar-refractivity contribution in [1.82, 2.24) is 4.98 Å². The Balaban J connectivity index is 1.81. The number of H-pyrrole nitrogens is 1. The minimum Gasteiger partial charge on any atom is -0.365 e. The molecule has 0 amide bonds. The van der Waals surface area contributed by atoms with Gasteiger partial charge in [-0.05, 0) is 62.5 Å². The summed E-state index contributed by atoms with van der Waals surface area (Å²) < 4.78 is 0. The SMILES string of the molecule is CC(=O)C1CCCC2Cc3cc[nH]c3CC2C1. The van der Waals surface area contributed by atoms with Gasteiger partial charge in [0.05, 0.1) is 0 Å². The lowest BCUT2D eigenvalue weighted by atomic mass is 9.74. The van der Waals surface area contributed by atoms with E-state index in [1.165, 1.54) is 30.5 Å². The first kappa shape index (κ1) is 11.1. The van der Waals surface area contributed by atoms with Crippen molar-refractivity contribution in [3.8, 4) is 0 Å². The lowest BCUT2D eigenvalue weighted by Gasteiger charge is -2.31. The Bertz CT molecular complexity index is 420. The Morgan fingerprint density at radius 3 is 3.00 bits per heavy atom. The number of carbonyl (C=O) groups excluding carboxylic acids is 1. The van der Waals surface area contributed by atoms with Gasteiger partial charge in [0.15, 0.2) is 0 Å². The summed E-state index contributed by atoms with van der Waals surface area (Å²) in [5.74, 6) is 2.30. The average Bonchev–Trinajstić information content (AvgIpc) is 2.63. The third-order valence-electron chi connectivity index (χ3n) is 4.83. The van der Waals surface area contributed by atoms with Gasteiger partial charge in [-0.15, -0.1) is 0 Å². The number of fused-ring (bicyclic) bond motifs is 2. The molecule has 0 aliphatic heterocycles. The standard InChI is InChI=1S/C15H21NO/c1-10(17)11-3-2-4-12-8-13-5-6-16-15(13)9-14(12)7-11/h5-6,11-12,14,16H,2-4,7-9H2,1H3. The van der Waals surface area contributed by atoms with Crippen molar-refractivity contribution in [2.24, 2.45) is 17.8 Å². The lowest BCUT2D eigenvalue weighted by Crippen LogP contribution is -2.26. The highest BCUT2D eigenvalue weighted by Crippen LogP contribution is 2.40. The number of ketones is 1. The van der Waals surface area contributed by atoms with Crippen LogP contribution in [0.25, 0.3) is 0 Å². The molecule has 3 unspecified atom stereocenters. The zero-order valence-electron chi connectivity index (χ0n) is 10.5. The Morgan fingerprint density at radius 2 is 2.18 bits per heavy atom. The molecule has 1 N–H and O–H groups in total. The third kappa shape index (κ3) is 2.05. The van der Waals surface area contributed by atoms with Crippen LogP contribution in [0.1, 0.15) is 43.9 Å². The van der Waals surface area contributed by atoms with Crippen LogP contribution in [0.3, 0.4) is 0 Å². The molecule has 1 saturated carbocycles. The molecule has 0 aromatic carbocycles. The van der Waals surface area contributed by atoms with E-state index in [2.05, 4.69) is 17.2 Å². The Morgan fingerprint density at radius 1 is 1.29 bits per heavy atom. The van der Waals surface area contributed by atoms with E-state index >= 15 is 0 Å². The van der Waals surface area contributed by atoms with E-state index in [-0.39, 0.29) is 0 Å². The zero-order valence-corrected chi connectivity index (χ0v) is 10.5.